The highest BCUT2D eigenvalue weighted by Gasteiger charge is 2.30. The zero-order valence-corrected chi connectivity index (χ0v) is 8.80. The Morgan fingerprint density at radius 2 is 2.35 bits per heavy atom. The first-order valence-corrected chi connectivity index (χ1v) is 5.01. The maximum absolute atomic E-state index is 13.0. The first-order valence-electron chi connectivity index (χ1n) is 5.01. The van der Waals surface area contributed by atoms with Crippen molar-refractivity contribution in [2.24, 2.45) is 11.1 Å². The molecule has 2 atom stereocenters. The SMILES string of the molecule is N#CC1COC[C@@H]1Oc1cc(F)ccc1N=O. The largest absolute Gasteiger partial charge is 0.484 e. The van der Waals surface area contributed by atoms with Gasteiger partial charge in [-0.25, -0.2) is 4.39 Å². The third-order valence-electron chi connectivity index (χ3n) is 2.49. The minimum Gasteiger partial charge on any atom is -0.484 e. The molecule has 1 aromatic rings. The minimum absolute atomic E-state index is 0.00925. The van der Waals surface area contributed by atoms with Crippen molar-refractivity contribution in [3.63, 3.8) is 0 Å². The number of ether oxygens (including phenoxy) is 2. The van der Waals surface area contributed by atoms with Crippen LogP contribution < -0.4 is 4.74 Å². The molecule has 0 aromatic heterocycles. The van der Waals surface area contributed by atoms with Crippen LogP contribution >= 0.6 is 0 Å². The van der Waals surface area contributed by atoms with Crippen LogP contribution in [0.5, 0.6) is 5.75 Å². The summed E-state index contributed by atoms with van der Waals surface area (Å²) in [6.07, 6.45) is -0.498. The summed E-state index contributed by atoms with van der Waals surface area (Å²) >= 11 is 0. The molecule has 1 heterocycles. The van der Waals surface area contributed by atoms with Gasteiger partial charge < -0.3 is 9.47 Å². The van der Waals surface area contributed by atoms with E-state index in [0.29, 0.717) is 0 Å². The minimum atomic E-state index is -0.528. The number of nitriles is 1. The Morgan fingerprint density at radius 1 is 1.53 bits per heavy atom. The number of nitrogens with zero attached hydrogens (tertiary/aromatic N) is 2. The highest BCUT2D eigenvalue weighted by molar-refractivity contribution is 5.51. The van der Waals surface area contributed by atoms with Crippen LogP contribution in [-0.4, -0.2) is 19.3 Å². The maximum atomic E-state index is 13.0. The molecule has 1 saturated heterocycles. The number of nitroso groups, excluding NO2 is 1. The highest BCUT2D eigenvalue weighted by atomic mass is 19.1. The molecule has 0 spiro atoms. The van der Waals surface area contributed by atoms with E-state index >= 15 is 0 Å². The molecule has 2 rings (SSSR count). The molecule has 88 valence electrons. The third-order valence-corrected chi connectivity index (χ3v) is 2.49. The maximum Gasteiger partial charge on any atom is 0.152 e. The summed E-state index contributed by atoms with van der Waals surface area (Å²) in [7, 11) is 0. The predicted molar refractivity (Wildman–Crippen MR) is 56.2 cm³/mol. The lowest BCUT2D eigenvalue weighted by Gasteiger charge is -2.15. The fraction of sp³-hybridized carbons (Fsp3) is 0.364. The van der Waals surface area contributed by atoms with E-state index in [2.05, 4.69) is 5.18 Å². The lowest BCUT2D eigenvalue weighted by molar-refractivity contribution is 0.140. The van der Waals surface area contributed by atoms with Gasteiger partial charge in [-0.15, -0.1) is 4.91 Å². The molecule has 1 fully saturated rings. The van der Waals surface area contributed by atoms with Crippen molar-refractivity contribution in [3.8, 4) is 11.8 Å². The standard InChI is InChI=1S/C11H9FN2O3/c12-8-1-2-9(14-15)10(3-8)17-11-6-16-5-7(11)4-13/h1-3,7,11H,5-6H2/t7?,11-/m0/s1. The van der Waals surface area contributed by atoms with Crippen molar-refractivity contribution >= 4 is 5.69 Å². The molecule has 0 N–H and O–H groups in total. The first-order chi connectivity index (χ1) is 8.24. The third kappa shape index (κ3) is 2.40. The first kappa shape index (κ1) is 11.5. The fourth-order valence-electron chi connectivity index (χ4n) is 1.59. The van der Waals surface area contributed by atoms with Gasteiger partial charge in [0.25, 0.3) is 0 Å². The van der Waals surface area contributed by atoms with Gasteiger partial charge in [0.15, 0.2) is 5.75 Å². The van der Waals surface area contributed by atoms with Crippen LogP contribution in [-0.2, 0) is 4.74 Å². The number of rotatable bonds is 3. The van der Waals surface area contributed by atoms with Gasteiger partial charge in [0.1, 0.15) is 23.5 Å². The van der Waals surface area contributed by atoms with Gasteiger partial charge in [0.2, 0.25) is 0 Å². The molecular formula is C11H9FN2O3. The monoisotopic (exact) mass is 236 g/mol. The Morgan fingerprint density at radius 3 is 3.06 bits per heavy atom. The van der Waals surface area contributed by atoms with E-state index in [1.807, 2.05) is 6.07 Å². The highest BCUT2D eigenvalue weighted by Crippen LogP contribution is 2.31. The zero-order chi connectivity index (χ0) is 12.3. The van der Waals surface area contributed by atoms with Crippen LogP contribution in [0.3, 0.4) is 0 Å². The van der Waals surface area contributed by atoms with E-state index < -0.39 is 17.8 Å². The molecule has 1 unspecified atom stereocenters. The van der Waals surface area contributed by atoms with E-state index in [9.17, 15) is 9.30 Å². The van der Waals surface area contributed by atoms with Crippen molar-refractivity contribution in [1.82, 2.24) is 0 Å². The van der Waals surface area contributed by atoms with Crippen LogP contribution in [0.25, 0.3) is 0 Å². The summed E-state index contributed by atoms with van der Waals surface area (Å²) in [5, 5.41) is 11.6. The predicted octanol–water partition coefficient (Wildman–Crippen LogP) is 2.14. The van der Waals surface area contributed by atoms with E-state index in [-0.39, 0.29) is 24.7 Å². The summed E-state index contributed by atoms with van der Waals surface area (Å²) in [6, 6.07) is 5.46. The van der Waals surface area contributed by atoms with E-state index in [4.69, 9.17) is 14.7 Å². The van der Waals surface area contributed by atoms with Crippen LogP contribution in [0, 0.1) is 28.0 Å². The normalized spacial score (nSPS) is 23.1. The molecule has 6 heteroatoms. The second kappa shape index (κ2) is 4.89. The van der Waals surface area contributed by atoms with Crippen LogP contribution in [0.1, 0.15) is 0 Å². The lowest BCUT2D eigenvalue weighted by Crippen LogP contribution is -2.24. The van der Waals surface area contributed by atoms with Gasteiger partial charge >= 0.3 is 0 Å². The Labute approximate surface area is 96.7 Å². The lowest BCUT2D eigenvalue weighted by atomic mass is 10.1. The van der Waals surface area contributed by atoms with Gasteiger partial charge in [-0.3, -0.25) is 0 Å². The quantitative estimate of drug-likeness (QED) is 0.753. The van der Waals surface area contributed by atoms with Crippen molar-refractivity contribution in [2.75, 3.05) is 13.2 Å². The molecule has 1 aliphatic rings. The fourth-order valence-corrected chi connectivity index (χ4v) is 1.59. The second-order valence-corrected chi connectivity index (χ2v) is 3.63. The van der Waals surface area contributed by atoms with Crippen molar-refractivity contribution in [1.29, 1.82) is 5.26 Å². The molecule has 0 amide bonds. The molecular weight excluding hydrogens is 227 g/mol. The number of benzene rings is 1. The van der Waals surface area contributed by atoms with Crippen LogP contribution in [0.2, 0.25) is 0 Å². The number of hydrogen-bond acceptors (Lipinski definition) is 5. The van der Waals surface area contributed by atoms with E-state index in [1.165, 1.54) is 6.07 Å². The number of halogens is 1. The molecule has 1 aromatic carbocycles. The van der Waals surface area contributed by atoms with Crippen molar-refractivity contribution < 1.29 is 13.9 Å². The van der Waals surface area contributed by atoms with Gasteiger partial charge in [-0.2, -0.15) is 5.26 Å². The summed E-state index contributed by atoms with van der Waals surface area (Å²) in [4.78, 5) is 10.5. The topological polar surface area (TPSA) is 71.7 Å². The van der Waals surface area contributed by atoms with Gasteiger partial charge in [-0.05, 0) is 17.3 Å². The van der Waals surface area contributed by atoms with Gasteiger partial charge in [0, 0.05) is 6.07 Å². The van der Waals surface area contributed by atoms with Crippen molar-refractivity contribution in [2.45, 2.75) is 6.10 Å². The van der Waals surface area contributed by atoms with Gasteiger partial charge in [0.05, 0.1) is 19.3 Å². The average Bonchev–Trinajstić information content (AvgIpc) is 2.77. The Hall–Kier alpha value is -2.00. The average molecular weight is 236 g/mol. The Kier molecular flexibility index (Phi) is 3.30. The summed E-state index contributed by atoms with van der Waals surface area (Å²) < 4.78 is 23.5. The molecule has 0 bridgehead atoms. The Bertz CT molecular complexity index is 472. The van der Waals surface area contributed by atoms with E-state index in [1.54, 1.807) is 0 Å². The van der Waals surface area contributed by atoms with Crippen LogP contribution in [0.4, 0.5) is 10.1 Å². The molecule has 0 radical (unpaired) electrons. The summed E-state index contributed by atoms with van der Waals surface area (Å²) in [5.74, 6) is -0.909. The molecule has 0 saturated carbocycles. The number of hydrogen-bond donors (Lipinski definition) is 0. The van der Waals surface area contributed by atoms with Crippen molar-refractivity contribution in [3.05, 3.63) is 28.9 Å². The molecule has 0 aliphatic carbocycles. The molecule has 5 nitrogen and oxygen atoms in total. The second-order valence-electron chi connectivity index (χ2n) is 3.63. The van der Waals surface area contributed by atoms with Gasteiger partial charge in [-0.1, -0.05) is 0 Å². The van der Waals surface area contributed by atoms with E-state index in [0.717, 1.165) is 12.1 Å². The summed E-state index contributed by atoms with van der Waals surface area (Å²) in [5.41, 5.74) is 0.00925. The zero-order valence-electron chi connectivity index (χ0n) is 8.80. The van der Waals surface area contributed by atoms with Crippen LogP contribution in [0.15, 0.2) is 23.4 Å². The summed E-state index contributed by atoms with van der Waals surface area (Å²) in [6.45, 7) is 0.521. The Balaban J connectivity index is 2.20. The smallest absolute Gasteiger partial charge is 0.152 e. The molecule has 17 heavy (non-hydrogen) atoms. The molecule has 1 aliphatic heterocycles.